The molecule has 1 fully saturated rings. The predicted molar refractivity (Wildman–Crippen MR) is 80.2 cm³/mol. The summed E-state index contributed by atoms with van der Waals surface area (Å²) in [6, 6.07) is 3.09. The van der Waals surface area contributed by atoms with Crippen molar-refractivity contribution in [2.75, 3.05) is 6.54 Å². The van der Waals surface area contributed by atoms with Gasteiger partial charge in [0, 0.05) is 22.1 Å². The van der Waals surface area contributed by atoms with Crippen molar-refractivity contribution >= 4 is 41.1 Å². The zero-order chi connectivity index (χ0) is 14.8. The molecule has 5 nitrogen and oxygen atoms in total. The second-order valence-electron chi connectivity index (χ2n) is 4.75. The van der Waals surface area contributed by atoms with Crippen molar-refractivity contribution in [3.05, 3.63) is 17.0 Å². The third-order valence-electron chi connectivity index (χ3n) is 3.29. The summed E-state index contributed by atoms with van der Waals surface area (Å²) in [5, 5.41) is -0.274. The highest BCUT2D eigenvalue weighted by Crippen LogP contribution is 2.26. The monoisotopic (exact) mass is 357 g/mol. The summed E-state index contributed by atoms with van der Waals surface area (Å²) >= 11 is 1.07. The van der Waals surface area contributed by atoms with Crippen LogP contribution in [0, 0.1) is 0 Å². The highest BCUT2D eigenvalue weighted by Gasteiger charge is 2.28. The van der Waals surface area contributed by atoms with E-state index in [0.717, 1.165) is 41.9 Å². The van der Waals surface area contributed by atoms with Crippen LogP contribution >= 0.6 is 22.0 Å². The number of hydrogen-bond acceptors (Lipinski definition) is 5. The molecular weight excluding hydrogens is 342 g/mol. The van der Waals surface area contributed by atoms with Crippen molar-refractivity contribution < 1.29 is 16.8 Å². The third-order valence-corrected chi connectivity index (χ3v) is 8.49. The van der Waals surface area contributed by atoms with Gasteiger partial charge < -0.3 is 0 Å². The van der Waals surface area contributed by atoms with Gasteiger partial charge in [0.05, 0.1) is 5.25 Å². The van der Waals surface area contributed by atoms with E-state index in [9.17, 15) is 16.8 Å². The Hall–Kier alpha value is -0.150. The van der Waals surface area contributed by atoms with Gasteiger partial charge >= 0.3 is 0 Å². The Morgan fingerprint density at radius 1 is 1.20 bits per heavy atom. The summed E-state index contributed by atoms with van der Waals surface area (Å²) in [5.74, 6) is 0. The fraction of sp³-hybridized carbons (Fsp3) is 0.636. The topological polar surface area (TPSA) is 80.3 Å². The second-order valence-corrected chi connectivity index (χ2v) is 10.8. The van der Waals surface area contributed by atoms with Crippen LogP contribution in [0.5, 0.6) is 0 Å². The Kier molecular flexibility index (Phi) is 5.12. The Labute approximate surface area is 127 Å². The lowest BCUT2D eigenvalue weighted by Gasteiger charge is -2.11. The standard InChI is InChI=1S/C11H16ClNO4S3/c12-19(14,15)11-6-5-9(18-11)7-8-13-20(16,17)10-3-1-2-4-10/h5-6,10,13H,1-4,7-8H2. The molecule has 0 spiro atoms. The van der Waals surface area contributed by atoms with Gasteiger partial charge in [-0.25, -0.2) is 21.6 Å². The molecule has 0 unspecified atom stereocenters. The number of hydrogen-bond donors (Lipinski definition) is 1. The molecule has 20 heavy (non-hydrogen) atoms. The third kappa shape index (κ3) is 4.17. The normalized spacial score (nSPS) is 17.6. The van der Waals surface area contributed by atoms with Gasteiger partial charge in [0.25, 0.3) is 9.05 Å². The van der Waals surface area contributed by atoms with E-state index in [1.165, 1.54) is 6.07 Å². The molecule has 0 atom stereocenters. The first-order valence-corrected chi connectivity index (χ1v) is 11.0. The zero-order valence-corrected chi connectivity index (χ0v) is 13.9. The van der Waals surface area contributed by atoms with E-state index in [-0.39, 0.29) is 16.0 Å². The van der Waals surface area contributed by atoms with Crippen molar-refractivity contribution in [2.24, 2.45) is 0 Å². The van der Waals surface area contributed by atoms with E-state index in [2.05, 4.69) is 4.72 Å². The first kappa shape index (κ1) is 16.2. The summed E-state index contributed by atoms with van der Waals surface area (Å²) in [6.45, 7) is 0.279. The van der Waals surface area contributed by atoms with E-state index in [1.807, 2.05) is 0 Å². The van der Waals surface area contributed by atoms with Gasteiger partial charge in [-0.15, -0.1) is 11.3 Å². The van der Waals surface area contributed by atoms with E-state index < -0.39 is 19.1 Å². The van der Waals surface area contributed by atoms with Gasteiger partial charge in [-0.3, -0.25) is 0 Å². The molecule has 114 valence electrons. The highest BCUT2D eigenvalue weighted by atomic mass is 35.7. The molecule has 0 bridgehead atoms. The first-order valence-electron chi connectivity index (χ1n) is 6.31. The van der Waals surface area contributed by atoms with Crippen LogP contribution in [0.2, 0.25) is 0 Å². The minimum absolute atomic E-state index is 0.0906. The molecule has 9 heteroatoms. The van der Waals surface area contributed by atoms with Crippen LogP contribution in [0.25, 0.3) is 0 Å². The van der Waals surface area contributed by atoms with E-state index in [0.29, 0.717) is 6.42 Å². The molecule has 1 aliphatic carbocycles. The molecule has 2 rings (SSSR count). The van der Waals surface area contributed by atoms with Crippen molar-refractivity contribution in [3.63, 3.8) is 0 Å². The molecule has 1 aliphatic rings. The van der Waals surface area contributed by atoms with Gasteiger partial charge in [-0.1, -0.05) is 12.8 Å². The van der Waals surface area contributed by atoms with Crippen molar-refractivity contribution in [1.82, 2.24) is 4.72 Å². The Morgan fingerprint density at radius 3 is 2.40 bits per heavy atom. The summed E-state index contributed by atoms with van der Waals surface area (Å²) in [6.07, 6.45) is 3.84. The number of halogens is 1. The largest absolute Gasteiger partial charge is 0.270 e. The van der Waals surface area contributed by atoms with E-state index in [4.69, 9.17) is 10.7 Å². The fourth-order valence-corrected chi connectivity index (χ4v) is 5.96. The van der Waals surface area contributed by atoms with E-state index >= 15 is 0 Å². The molecule has 0 amide bonds. The molecule has 1 aromatic heterocycles. The molecule has 1 aromatic rings. The van der Waals surface area contributed by atoms with Gasteiger partial charge in [0.2, 0.25) is 10.0 Å². The van der Waals surface area contributed by atoms with Crippen LogP contribution in [-0.4, -0.2) is 28.6 Å². The Balaban J connectivity index is 1.88. The zero-order valence-electron chi connectivity index (χ0n) is 10.7. The smallest absolute Gasteiger partial charge is 0.215 e. The van der Waals surface area contributed by atoms with Gasteiger partial charge in [-0.05, 0) is 31.4 Å². The van der Waals surface area contributed by atoms with E-state index in [1.54, 1.807) is 6.07 Å². The molecule has 1 saturated carbocycles. The Bertz CT molecular complexity index is 660. The average Bonchev–Trinajstić information content (AvgIpc) is 2.99. The van der Waals surface area contributed by atoms with Gasteiger partial charge in [-0.2, -0.15) is 0 Å². The number of nitrogens with one attached hydrogen (secondary N) is 1. The lowest BCUT2D eigenvalue weighted by molar-refractivity contribution is 0.565. The quantitative estimate of drug-likeness (QED) is 0.790. The SMILES string of the molecule is O=S(=O)(Cl)c1ccc(CCNS(=O)(=O)C2CCCC2)s1. The molecule has 0 saturated heterocycles. The van der Waals surface area contributed by atoms with Crippen molar-refractivity contribution in [2.45, 2.75) is 41.6 Å². The fourth-order valence-electron chi connectivity index (χ4n) is 2.26. The number of sulfonamides is 1. The average molecular weight is 358 g/mol. The van der Waals surface area contributed by atoms with Crippen LogP contribution in [0.3, 0.4) is 0 Å². The predicted octanol–water partition coefficient (Wildman–Crippen LogP) is 2.08. The summed E-state index contributed by atoms with van der Waals surface area (Å²) in [7, 11) is -1.70. The molecule has 0 radical (unpaired) electrons. The second kappa shape index (κ2) is 6.31. The van der Waals surface area contributed by atoms with Gasteiger partial charge in [0.15, 0.2) is 0 Å². The first-order chi connectivity index (χ1) is 9.29. The molecular formula is C11H16ClNO4S3. The maximum atomic E-state index is 12.0. The van der Waals surface area contributed by atoms with Crippen LogP contribution in [0.4, 0.5) is 0 Å². The molecule has 0 aromatic carbocycles. The van der Waals surface area contributed by atoms with Crippen molar-refractivity contribution in [1.29, 1.82) is 0 Å². The summed E-state index contributed by atoms with van der Waals surface area (Å²) in [4.78, 5) is 0.790. The maximum absolute atomic E-state index is 12.0. The van der Waals surface area contributed by atoms with Gasteiger partial charge in [0.1, 0.15) is 4.21 Å². The summed E-state index contributed by atoms with van der Waals surface area (Å²) in [5.41, 5.74) is 0. The molecule has 1 N–H and O–H groups in total. The van der Waals surface area contributed by atoms with Crippen LogP contribution in [0.1, 0.15) is 30.6 Å². The molecule has 0 aliphatic heterocycles. The van der Waals surface area contributed by atoms with Crippen LogP contribution in [0.15, 0.2) is 16.3 Å². The van der Waals surface area contributed by atoms with Crippen LogP contribution in [-0.2, 0) is 25.5 Å². The minimum Gasteiger partial charge on any atom is -0.215 e. The van der Waals surface area contributed by atoms with Crippen LogP contribution < -0.4 is 4.72 Å². The highest BCUT2D eigenvalue weighted by molar-refractivity contribution is 8.15. The van der Waals surface area contributed by atoms with Crippen molar-refractivity contribution in [3.8, 4) is 0 Å². The number of rotatable bonds is 6. The lowest BCUT2D eigenvalue weighted by atomic mass is 10.3. The Morgan fingerprint density at radius 2 is 1.85 bits per heavy atom. The lowest BCUT2D eigenvalue weighted by Crippen LogP contribution is -2.33. The maximum Gasteiger partial charge on any atom is 0.270 e. The number of thiophene rings is 1. The molecule has 1 heterocycles. The minimum atomic E-state index is -3.70. The summed E-state index contributed by atoms with van der Waals surface area (Å²) < 4.78 is 48.8.